The summed E-state index contributed by atoms with van der Waals surface area (Å²) in [5, 5.41) is 0. The van der Waals surface area contributed by atoms with Crippen LogP contribution in [0.1, 0.15) is 19.4 Å². The Balaban J connectivity index is 2.46. The normalized spacial score (nSPS) is 12.2. The lowest BCUT2D eigenvalue weighted by Gasteiger charge is -2.26. The van der Waals surface area contributed by atoms with Gasteiger partial charge < -0.3 is 10.6 Å². The van der Waals surface area contributed by atoms with E-state index in [0.717, 1.165) is 16.9 Å². The average molecular weight is 290 g/mol. The van der Waals surface area contributed by atoms with Gasteiger partial charge in [0.1, 0.15) is 11.6 Å². The van der Waals surface area contributed by atoms with Crippen LogP contribution in [-0.2, 0) is 6.42 Å². The summed E-state index contributed by atoms with van der Waals surface area (Å²) in [4.78, 5) is 1.96. The molecule has 0 saturated heterocycles. The summed E-state index contributed by atoms with van der Waals surface area (Å²) >= 11 is 0. The molecule has 2 nitrogen and oxygen atoms in total. The minimum absolute atomic E-state index is 0.0724. The zero-order chi connectivity index (χ0) is 15.4. The van der Waals surface area contributed by atoms with Gasteiger partial charge in [-0.05, 0) is 62.2 Å². The van der Waals surface area contributed by atoms with Crippen LogP contribution in [0, 0.1) is 11.6 Å². The third-order valence-electron chi connectivity index (χ3n) is 3.31. The van der Waals surface area contributed by atoms with Gasteiger partial charge in [0.25, 0.3) is 0 Å². The lowest BCUT2D eigenvalue weighted by molar-refractivity contribution is 0.622. The van der Waals surface area contributed by atoms with Gasteiger partial charge in [0.15, 0.2) is 0 Å². The second-order valence-corrected chi connectivity index (χ2v) is 5.18. The molecule has 0 saturated carbocycles. The SMILES string of the molecule is CCN(c1cccc(F)c1)c1ccc(F)cc1CC(C)N. The topological polar surface area (TPSA) is 29.3 Å². The van der Waals surface area contributed by atoms with Crippen molar-refractivity contribution in [1.82, 2.24) is 0 Å². The first-order valence-corrected chi connectivity index (χ1v) is 7.08. The molecule has 2 rings (SSSR count). The molecule has 0 bridgehead atoms. The molecule has 0 aliphatic heterocycles. The summed E-state index contributed by atoms with van der Waals surface area (Å²) in [5.41, 5.74) is 8.28. The maximum Gasteiger partial charge on any atom is 0.125 e. The Hall–Kier alpha value is -1.94. The number of nitrogens with two attached hydrogens (primary N) is 1. The van der Waals surface area contributed by atoms with Crippen LogP contribution >= 0.6 is 0 Å². The molecule has 0 radical (unpaired) electrons. The first kappa shape index (κ1) is 15.4. The second-order valence-electron chi connectivity index (χ2n) is 5.18. The van der Waals surface area contributed by atoms with Gasteiger partial charge in [-0.25, -0.2) is 8.78 Å². The first-order chi connectivity index (χ1) is 10.0. The number of halogens is 2. The third kappa shape index (κ3) is 3.79. The molecule has 1 unspecified atom stereocenters. The van der Waals surface area contributed by atoms with Crippen LogP contribution in [0.2, 0.25) is 0 Å². The van der Waals surface area contributed by atoms with Crippen molar-refractivity contribution >= 4 is 11.4 Å². The van der Waals surface area contributed by atoms with Crippen molar-refractivity contribution in [1.29, 1.82) is 0 Å². The minimum Gasteiger partial charge on any atom is -0.341 e. The van der Waals surface area contributed by atoms with Crippen molar-refractivity contribution in [3.63, 3.8) is 0 Å². The Bertz CT molecular complexity index is 611. The van der Waals surface area contributed by atoms with Crippen LogP contribution in [0.4, 0.5) is 20.2 Å². The first-order valence-electron chi connectivity index (χ1n) is 7.08. The number of hydrogen-bond acceptors (Lipinski definition) is 2. The van der Waals surface area contributed by atoms with Gasteiger partial charge in [-0.1, -0.05) is 6.07 Å². The van der Waals surface area contributed by atoms with E-state index in [-0.39, 0.29) is 17.7 Å². The van der Waals surface area contributed by atoms with Crippen molar-refractivity contribution < 1.29 is 8.78 Å². The maximum atomic E-state index is 13.5. The predicted molar refractivity (Wildman–Crippen MR) is 82.8 cm³/mol. The molecule has 0 spiro atoms. The monoisotopic (exact) mass is 290 g/mol. The summed E-state index contributed by atoms with van der Waals surface area (Å²) in [5.74, 6) is -0.577. The van der Waals surface area contributed by atoms with Crippen LogP contribution in [0.15, 0.2) is 42.5 Å². The quantitative estimate of drug-likeness (QED) is 0.901. The molecule has 4 heteroatoms. The van der Waals surface area contributed by atoms with E-state index in [1.54, 1.807) is 12.1 Å². The van der Waals surface area contributed by atoms with Gasteiger partial charge in [0, 0.05) is 24.0 Å². The molecule has 0 aliphatic rings. The van der Waals surface area contributed by atoms with Crippen molar-refractivity contribution in [3.05, 3.63) is 59.7 Å². The summed E-state index contributed by atoms with van der Waals surface area (Å²) in [6.45, 7) is 4.51. The molecule has 0 heterocycles. The predicted octanol–water partition coefficient (Wildman–Crippen LogP) is 4.01. The van der Waals surface area contributed by atoms with Crippen molar-refractivity contribution in [2.75, 3.05) is 11.4 Å². The largest absolute Gasteiger partial charge is 0.341 e. The Morgan fingerprint density at radius 2 is 1.81 bits per heavy atom. The van der Waals surface area contributed by atoms with Gasteiger partial charge in [-0.2, -0.15) is 0 Å². The van der Waals surface area contributed by atoms with E-state index in [4.69, 9.17) is 5.73 Å². The van der Waals surface area contributed by atoms with Crippen molar-refractivity contribution in [2.45, 2.75) is 26.3 Å². The van der Waals surface area contributed by atoms with E-state index in [1.165, 1.54) is 24.3 Å². The summed E-state index contributed by atoms with van der Waals surface area (Å²) in [6, 6.07) is 11.0. The molecule has 2 N–H and O–H groups in total. The van der Waals surface area contributed by atoms with Crippen LogP contribution in [0.5, 0.6) is 0 Å². The Labute approximate surface area is 124 Å². The highest BCUT2D eigenvalue weighted by Crippen LogP contribution is 2.30. The molecule has 0 aliphatic carbocycles. The molecule has 2 aromatic carbocycles. The van der Waals surface area contributed by atoms with Crippen LogP contribution < -0.4 is 10.6 Å². The Morgan fingerprint density at radius 3 is 2.43 bits per heavy atom. The fourth-order valence-corrected chi connectivity index (χ4v) is 2.46. The van der Waals surface area contributed by atoms with Crippen LogP contribution in [0.3, 0.4) is 0 Å². The zero-order valence-corrected chi connectivity index (χ0v) is 12.3. The van der Waals surface area contributed by atoms with E-state index in [1.807, 2.05) is 24.8 Å². The third-order valence-corrected chi connectivity index (χ3v) is 3.31. The molecule has 0 aromatic heterocycles. The molecule has 112 valence electrons. The van der Waals surface area contributed by atoms with E-state index < -0.39 is 0 Å². The number of rotatable bonds is 5. The molecule has 2 aromatic rings. The van der Waals surface area contributed by atoms with E-state index in [9.17, 15) is 8.78 Å². The van der Waals surface area contributed by atoms with Crippen molar-refractivity contribution in [3.8, 4) is 0 Å². The smallest absolute Gasteiger partial charge is 0.125 e. The summed E-state index contributed by atoms with van der Waals surface area (Å²) in [6.07, 6.45) is 0.568. The highest BCUT2D eigenvalue weighted by atomic mass is 19.1. The Kier molecular flexibility index (Phi) is 4.91. The number of hydrogen-bond donors (Lipinski definition) is 1. The second kappa shape index (κ2) is 6.68. The molecular formula is C17H20F2N2. The maximum absolute atomic E-state index is 13.5. The number of benzene rings is 2. The van der Waals surface area contributed by atoms with Gasteiger partial charge in [-0.3, -0.25) is 0 Å². The standard InChI is InChI=1S/C17H20F2N2/c1-3-21(16-6-4-5-14(18)11-16)17-8-7-15(19)10-13(17)9-12(2)20/h4-8,10-12H,3,9,20H2,1-2H3. The fraction of sp³-hybridized carbons (Fsp3) is 0.294. The van der Waals surface area contributed by atoms with Gasteiger partial charge in [0.05, 0.1) is 0 Å². The molecule has 21 heavy (non-hydrogen) atoms. The summed E-state index contributed by atoms with van der Waals surface area (Å²) < 4.78 is 27.0. The van der Waals surface area contributed by atoms with Crippen LogP contribution in [-0.4, -0.2) is 12.6 Å². The lowest BCUT2D eigenvalue weighted by atomic mass is 10.0. The Morgan fingerprint density at radius 1 is 1.10 bits per heavy atom. The van der Waals surface area contributed by atoms with Gasteiger partial charge in [0.2, 0.25) is 0 Å². The zero-order valence-electron chi connectivity index (χ0n) is 12.3. The molecule has 1 atom stereocenters. The minimum atomic E-state index is -0.290. The highest BCUT2D eigenvalue weighted by Gasteiger charge is 2.14. The molecule has 0 amide bonds. The number of anilines is 2. The lowest BCUT2D eigenvalue weighted by Crippen LogP contribution is -2.22. The highest BCUT2D eigenvalue weighted by molar-refractivity contribution is 5.66. The van der Waals surface area contributed by atoms with E-state index in [0.29, 0.717) is 13.0 Å². The van der Waals surface area contributed by atoms with E-state index >= 15 is 0 Å². The van der Waals surface area contributed by atoms with Gasteiger partial charge >= 0.3 is 0 Å². The fourth-order valence-electron chi connectivity index (χ4n) is 2.46. The van der Waals surface area contributed by atoms with Gasteiger partial charge in [-0.15, -0.1) is 0 Å². The van der Waals surface area contributed by atoms with E-state index in [2.05, 4.69) is 0 Å². The number of nitrogens with zero attached hydrogens (tertiary/aromatic N) is 1. The molecule has 0 fully saturated rings. The average Bonchev–Trinajstić information content (AvgIpc) is 2.41. The van der Waals surface area contributed by atoms with Crippen molar-refractivity contribution in [2.24, 2.45) is 5.73 Å². The van der Waals surface area contributed by atoms with Crippen LogP contribution in [0.25, 0.3) is 0 Å². The summed E-state index contributed by atoms with van der Waals surface area (Å²) in [7, 11) is 0. The molecular weight excluding hydrogens is 270 g/mol.